The van der Waals surface area contributed by atoms with E-state index in [1.165, 1.54) is 0 Å². The number of hydrogen-bond acceptors (Lipinski definition) is 4. The second kappa shape index (κ2) is 12.0. The summed E-state index contributed by atoms with van der Waals surface area (Å²) in [5.41, 5.74) is 0.965. The molecule has 0 aliphatic rings. The Morgan fingerprint density at radius 2 is 1.86 bits per heavy atom. The minimum atomic E-state index is -0.430. The molecule has 124 valence electrons. The number of ether oxygens (including phenoxy) is 3. The van der Waals surface area contributed by atoms with Crippen molar-refractivity contribution in [1.82, 2.24) is 5.32 Å². The van der Waals surface area contributed by atoms with Crippen LogP contribution in [0.15, 0.2) is 30.3 Å². The van der Waals surface area contributed by atoms with Crippen LogP contribution in [0.2, 0.25) is 0 Å². The van der Waals surface area contributed by atoms with Crippen molar-refractivity contribution in [3.8, 4) is 0 Å². The van der Waals surface area contributed by atoms with Crippen molar-refractivity contribution in [2.45, 2.75) is 26.9 Å². The maximum Gasteiger partial charge on any atom is 0.407 e. The van der Waals surface area contributed by atoms with Gasteiger partial charge >= 0.3 is 6.09 Å². The van der Waals surface area contributed by atoms with Crippen molar-refractivity contribution in [2.75, 3.05) is 33.0 Å². The van der Waals surface area contributed by atoms with Crippen molar-refractivity contribution < 1.29 is 19.0 Å². The normalized spacial score (nSPS) is 11.9. The second-order valence-electron chi connectivity index (χ2n) is 5.19. The fraction of sp³-hybridized carbons (Fsp3) is 0.588. The highest BCUT2D eigenvalue weighted by Crippen LogP contribution is 2.01. The molecule has 1 amide bonds. The van der Waals surface area contributed by atoms with Gasteiger partial charge in [0.2, 0.25) is 0 Å². The van der Waals surface area contributed by atoms with E-state index in [1.807, 2.05) is 30.3 Å². The van der Waals surface area contributed by atoms with E-state index < -0.39 is 6.09 Å². The Labute approximate surface area is 132 Å². The molecule has 5 heteroatoms. The van der Waals surface area contributed by atoms with Gasteiger partial charge < -0.3 is 19.5 Å². The van der Waals surface area contributed by atoms with E-state index in [1.54, 1.807) is 0 Å². The van der Waals surface area contributed by atoms with Crippen LogP contribution in [-0.4, -0.2) is 39.1 Å². The van der Waals surface area contributed by atoms with Crippen molar-refractivity contribution in [2.24, 2.45) is 5.92 Å². The van der Waals surface area contributed by atoms with Gasteiger partial charge in [0, 0.05) is 13.2 Å². The molecule has 0 fully saturated rings. The first-order chi connectivity index (χ1) is 10.7. The minimum Gasteiger partial charge on any atom is -0.445 e. The third-order valence-corrected chi connectivity index (χ3v) is 3.20. The smallest absolute Gasteiger partial charge is 0.407 e. The molecule has 1 unspecified atom stereocenters. The van der Waals surface area contributed by atoms with Gasteiger partial charge in [-0.05, 0) is 11.5 Å². The highest BCUT2D eigenvalue weighted by molar-refractivity contribution is 5.67. The number of carbonyl (C=O) groups is 1. The van der Waals surface area contributed by atoms with Crippen molar-refractivity contribution in [1.29, 1.82) is 0 Å². The molecule has 0 aliphatic carbocycles. The number of rotatable bonds is 11. The molecule has 0 aromatic heterocycles. The van der Waals surface area contributed by atoms with Gasteiger partial charge in [-0.3, -0.25) is 0 Å². The fourth-order valence-corrected chi connectivity index (χ4v) is 1.62. The van der Waals surface area contributed by atoms with E-state index in [-0.39, 0.29) is 6.61 Å². The van der Waals surface area contributed by atoms with Crippen LogP contribution in [0.25, 0.3) is 0 Å². The highest BCUT2D eigenvalue weighted by atomic mass is 16.5. The summed E-state index contributed by atoms with van der Waals surface area (Å²) in [4.78, 5) is 11.4. The van der Waals surface area contributed by atoms with E-state index in [4.69, 9.17) is 14.2 Å². The zero-order valence-corrected chi connectivity index (χ0v) is 13.5. The molecule has 0 spiro atoms. The van der Waals surface area contributed by atoms with Gasteiger partial charge in [0.25, 0.3) is 0 Å². The number of benzene rings is 1. The number of hydrogen-bond donors (Lipinski definition) is 1. The summed E-state index contributed by atoms with van der Waals surface area (Å²) in [5, 5.41) is 2.64. The van der Waals surface area contributed by atoms with Crippen LogP contribution in [0.3, 0.4) is 0 Å². The van der Waals surface area contributed by atoms with Crippen LogP contribution in [0.5, 0.6) is 0 Å². The minimum absolute atomic E-state index is 0.275. The van der Waals surface area contributed by atoms with E-state index in [2.05, 4.69) is 19.2 Å². The predicted molar refractivity (Wildman–Crippen MR) is 85.7 cm³/mol. The van der Waals surface area contributed by atoms with Crippen molar-refractivity contribution in [3.05, 3.63) is 35.9 Å². The topological polar surface area (TPSA) is 56.8 Å². The summed E-state index contributed by atoms with van der Waals surface area (Å²) in [7, 11) is 0. The molecule has 5 nitrogen and oxygen atoms in total. The van der Waals surface area contributed by atoms with E-state index in [0.29, 0.717) is 32.3 Å². The Balaban J connectivity index is 1.91. The van der Waals surface area contributed by atoms with Crippen LogP contribution in [0.4, 0.5) is 4.79 Å². The molecular formula is C17H27NO4. The van der Waals surface area contributed by atoms with E-state index in [9.17, 15) is 4.79 Å². The molecule has 0 radical (unpaired) electrons. The molecule has 1 N–H and O–H groups in total. The molecule has 0 saturated carbocycles. The first-order valence-corrected chi connectivity index (χ1v) is 7.82. The Morgan fingerprint density at radius 1 is 1.14 bits per heavy atom. The molecule has 22 heavy (non-hydrogen) atoms. The van der Waals surface area contributed by atoms with Crippen molar-refractivity contribution in [3.63, 3.8) is 0 Å². The van der Waals surface area contributed by atoms with Gasteiger partial charge in [-0.15, -0.1) is 0 Å². The molecule has 0 bridgehead atoms. The standard InChI is InChI=1S/C17H27NO4/c1-3-15(2)13-21-12-11-20-10-9-18-17(19)22-14-16-7-5-4-6-8-16/h4-8,15H,3,9-14H2,1-2H3,(H,18,19). The molecule has 1 rings (SSSR count). The third kappa shape index (κ3) is 9.37. The molecular weight excluding hydrogens is 282 g/mol. The average molecular weight is 309 g/mol. The number of alkyl carbamates (subject to hydrolysis) is 1. The van der Waals surface area contributed by atoms with Crippen LogP contribution in [0, 0.1) is 5.92 Å². The summed E-state index contributed by atoms with van der Waals surface area (Å²) in [6, 6.07) is 9.57. The lowest BCUT2D eigenvalue weighted by Gasteiger charge is -2.10. The Kier molecular flexibility index (Phi) is 10.1. The maximum absolute atomic E-state index is 11.4. The number of nitrogens with one attached hydrogen (secondary N) is 1. The monoisotopic (exact) mass is 309 g/mol. The first kappa shape index (κ1) is 18.5. The van der Waals surface area contributed by atoms with Gasteiger partial charge in [0.1, 0.15) is 6.61 Å². The Morgan fingerprint density at radius 3 is 2.59 bits per heavy atom. The number of carbonyl (C=O) groups excluding carboxylic acids is 1. The van der Waals surface area contributed by atoms with Gasteiger partial charge in [-0.2, -0.15) is 0 Å². The number of amides is 1. The van der Waals surface area contributed by atoms with Gasteiger partial charge in [-0.1, -0.05) is 50.6 Å². The molecule has 0 heterocycles. The van der Waals surface area contributed by atoms with E-state index in [0.717, 1.165) is 18.6 Å². The molecule has 1 aromatic carbocycles. The summed E-state index contributed by atoms with van der Waals surface area (Å²) in [6.07, 6.45) is 0.691. The average Bonchev–Trinajstić information content (AvgIpc) is 2.56. The van der Waals surface area contributed by atoms with E-state index >= 15 is 0 Å². The molecule has 1 aromatic rings. The molecule has 0 saturated heterocycles. The Bertz CT molecular complexity index is 397. The van der Waals surface area contributed by atoms with Crippen LogP contribution in [0.1, 0.15) is 25.8 Å². The SMILES string of the molecule is CCC(C)COCCOCCNC(=O)OCc1ccccc1. The third-order valence-electron chi connectivity index (χ3n) is 3.20. The largest absolute Gasteiger partial charge is 0.445 e. The van der Waals surface area contributed by atoms with Gasteiger partial charge in [0.05, 0.1) is 19.8 Å². The maximum atomic E-state index is 11.4. The van der Waals surface area contributed by atoms with Crippen molar-refractivity contribution >= 4 is 6.09 Å². The fourth-order valence-electron chi connectivity index (χ4n) is 1.62. The van der Waals surface area contributed by atoms with Crippen LogP contribution < -0.4 is 5.32 Å². The summed E-state index contributed by atoms with van der Waals surface area (Å²) >= 11 is 0. The lowest BCUT2D eigenvalue weighted by atomic mass is 10.1. The molecule has 1 atom stereocenters. The Hall–Kier alpha value is -1.59. The summed E-state index contributed by atoms with van der Waals surface area (Å²) in [6.45, 7) is 7.35. The summed E-state index contributed by atoms with van der Waals surface area (Å²) < 4.78 is 15.9. The van der Waals surface area contributed by atoms with Gasteiger partial charge in [-0.25, -0.2) is 4.79 Å². The van der Waals surface area contributed by atoms with Gasteiger partial charge in [0.15, 0.2) is 0 Å². The lowest BCUT2D eigenvalue weighted by Crippen LogP contribution is -2.28. The zero-order valence-electron chi connectivity index (χ0n) is 13.5. The summed E-state index contributed by atoms with van der Waals surface area (Å²) in [5.74, 6) is 0.584. The lowest BCUT2D eigenvalue weighted by molar-refractivity contribution is 0.0357. The second-order valence-corrected chi connectivity index (χ2v) is 5.19. The van der Waals surface area contributed by atoms with Crippen LogP contribution >= 0.6 is 0 Å². The zero-order chi connectivity index (χ0) is 16.0. The first-order valence-electron chi connectivity index (χ1n) is 7.82. The predicted octanol–water partition coefficient (Wildman–Crippen LogP) is 2.99. The molecule has 0 aliphatic heterocycles. The quantitative estimate of drug-likeness (QED) is 0.638. The highest BCUT2D eigenvalue weighted by Gasteiger charge is 2.02. The van der Waals surface area contributed by atoms with Crippen LogP contribution in [-0.2, 0) is 20.8 Å².